The molecule has 0 atom stereocenters. The molecule has 0 saturated heterocycles. The smallest absolute Gasteiger partial charge is 0.412 e. The van der Waals surface area contributed by atoms with Gasteiger partial charge in [-0.2, -0.15) is 0 Å². The summed E-state index contributed by atoms with van der Waals surface area (Å²) in [5.74, 6) is 0. The molecule has 0 aliphatic rings. The van der Waals surface area contributed by atoms with Gasteiger partial charge in [-0.1, -0.05) is 18.2 Å². The van der Waals surface area contributed by atoms with Crippen LogP contribution in [-0.4, -0.2) is 11.7 Å². The van der Waals surface area contributed by atoms with Gasteiger partial charge in [0.2, 0.25) is 0 Å². The van der Waals surface area contributed by atoms with Crippen LogP contribution in [0.15, 0.2) is 29.0 Å². The van der Waals surface area contributed by atoms with Gasteiger partial charge in [-0.3, -0.25) is 5.32 Å². The molecule has 0 fully saturated rings. The van der Waals surface area contributed by atoms with Crippen molar-refractivity contribution < 1.29 is 9.53 Å². The SMILES string of the molecule is Cc1ccc(-c2cscc2NC(=O)OC(C)(C)C)cc1C. The van der Waals surface area contributed by atoms with Crippen LogP contribution in [0.5, 0.6) is 0 Å². The number of benzene rings is 1. The minimum absolute atomic E-state index is 0.425. The maximum Gasteiger partial charge on any atom is 0.412 e. The normalized spacial score (nSPS) is 11.3. The third-order valence-electron chi connectivity index (χ3n) is 3.12. The minimum atomic E-state index is -0.499. The number of aryl methyl sites for hydroxylation is 2. The highest BCUT2D eigenvalue weighted by Crippen LogP contribution is 2.33. The Morgan fingerprint density at radius 1 is 1.14 bits per heavy atom. The van der Waals surface area contributed by atoms with Crippen molar-refractivity contribution in [1.82, 2.24) is 0 Å². The van der Waals surface area contributed by atoms with Crippen molar-refractivity contribution in [2.24, 2.45) is 0 Å². The number of hydrogen-bond acceptors (Lipinski definition) is 3. The largest absolute Gasteiger partial charge is 0.444 e. The van der Waals surface area contributed by atoms with E-state index in [4.69, 9.17) is 4.74 Å². The lowest BCUT2D eigenvalue weighted by atomic mass is 10.0. The van der Waals surface area contributed by atoms with Gasteiger partial charge in [0.05, 0.1) is 5.69 Å². The number of carbonyl (C=O) groups excluding carboxylic acids is 1. The highest BCUT2D eigenvalue weighted by atomic mass is 32.1. The van der Waals surface area contributed by atoms with Crippen molar-refractivity contribution >= 4 is 23.1 Å². The van der Waals surface area contributed by atoms with E-state index in [2.05, 4.69) is 37.4 Å². The van der Waals surface area contributed by atoms with Gasteiger partial charge < -0.3 is 4.74 Å². The number of ether oxygens (including phenoxy) is 1. The number of thiophene rings is 1. The fraction of sp³-hybridized carbons (Fsp3) is 0.353. The van der Waals surface area contributed by atoms with Gasteiger partial charge >= 0.3 is 6.09 Å². The fourth-order valence-corrected chi connectivity index (χ4v) is 2.73. The standard InChI is InChI=1S/C17H21NO2S/c1-11-6-7-13(8-12(11)2)14-9-21-10-15(14)18-16(19)20-17(3,4)5/h6-10H,1-5H3,(H,18,19). The van der Waals surface area contributed by atoms with Gasteiger partial charge in [0, 0.05) is 16.3 Å². The summed E-state index contributed by atoms with van der Waals surface area (Å²) in [6.07, 6.45) is -0.425. The molecule has 1 heterocycles. The van der Waals surface area contributed by atoms with Gasteiger partial charge in [0.25, 0.3) is 0 Å². The third kappa shape index (κ3) is 4.08. The molecule has 1 aromatic carbocycles. The van der Waals surface area contributed by atoms with Crippen LogP contribution in [0.1, 0.15) is 31.9 Å². The van der Waals surface area contributed by atoms with Crippen LogP contribution in [0.25, 0.3) is 11.1 Å². The number of hydrogen-bond donors (Lipinski definition) is 1. The Balaban J connectivity index is 2.22. The summed E-state index contributed by atoms with van der Waals surface area (Å²) in [6.45, 7) is 9.73. The van der Waals surface area contributed by atoms with Crippen molar-refractivity contribution in [2.75, 3.05) is 5.32 Å². The maximum atomic E-state index is 11.9. The van der Waals surface area contributed by atoms with Crippen LogP contribution in [0.3, 0.4) is 0 Å². The molecule has 0 aliphatic carbocycles. The quantitative estimate of drug-likeness (QED) is 0.809. The molecule has 0 spiro atoms. The van der Waals surface area contributed by atoms with E-state index in [1.165, 1.54) is 11.1 Å². The first-order valence-corrected chi connectivity index (χ1v) is 7.84. The van der Waals surface area contributed by atoms with Crippen LogP contribution < -0.4 is 5.32 Å². The molecule has 1 amide bonds. The molecule has 112 valence electrons. The molecule has 0 aliphatic heterocycles. The monoisotopic (exact) mass is 303 g/mol. The Kier molecular flexibility index (Phi) is 4.37. The van der Waals surface area contributed by atoms with E-state index in [9.17, 15) is 4.79 Å². The van der Waals surface area contributed by atoms with Crippen LogP contribution >= 0.6 is 11.3 Å². The van der Waals surface area contributed by atoms with E-state index < -0.39 is 11.7 Å². The highest BCUT2D eigenvalue weighted by molar-refractivity contribution is 7.08. The zero-order valence-electron chi connectivity index (χ0n) is 13.1. The average molecular weight is 303 g/mol. The Morgan fingerprint density at radius 2 is 1.86 bits per heavy atom. The number of anilines is 1. The van der Waals surface area contributed by atoms with E-state index in [-0.39, 0.29) is 0 Å². The molecule has 1 aromatic heterocycles. The van der Waals surface area contributed by atoms with Gasteiger partial charge in [0.1, 0.15) is 5.60 Å². The summed E-state index contributed by atoms with van der Waals surface area (Å²) in [5.41, 5.74) is 4.91. The second kappa shape index (κ2) is 5.90. The van der Waals surface area contributed by atoms with Crippen molar-refractivity contribution in [1.29, 1.82) is 0 Å². The Morgan fingerprint density at radius 3 is 2.48 bits per heavy atom. The van der Waals surface area contributed by atoms with Crippen molar-refractivity contribution in [3.8, 4) is 11.1 Å². The summed E-state index contributed by atoms with van der Waals surface area (Å²) in [6, 6.07) is 6.31. The first-order valence-electron chi connectivity index (χ1n) is 6.90. The molecule has 21 heavy (non-hydrogen) atoms. The molecule has 3 nitrogen and oxygen atoms in total. The molecule has 0 saturated carbocycles. The van der Waals surface area contributed by atoms with E-state index in [1.807, 2.05) is 31.5 Å². The fourth-order valence-electron chi connectivity index (χ4n) is 1.94. The maximum absolute atomic E-state index is 11.9. The first kappa shape index (κ1) is 15.6. The molecule has 0 unspecified atom stereocenters. The number of amides is 1. The molecular weight excluding hydrogens is 282 g/mol. The molecule has 1 N–H and O–H groups in total. The zero-order chi connectivity index (χ0) is 15.6. The Hall–Kier alpha value is -1.81. The molecule has 2 rings (SSSR count). The highest BCUT2D eigenvalue weighted by Gasteiger charge is 2.18. The minimum Gasteiger partial charge on any atom is -0.444 e. The van der Waals surface area contributed by atoms with Crippen LogP contribution in [0.2, 0.25) is 0 Å². The third-order valence-corrected chi connectivity index (χ3v) is 3.86. The summed E-state index contributed by atoms with van der Waals surface area (Å²) < 4.78 is 5.30. The number of nitrogens with one attached hydrogen (secondary N) is 1. The van der Waals surface area contributed by atoms with Crippen LogP contribution in [-0.2, 0) is 4.74 Å². The van der Waals surface area contributed by atoms with E-state index in [0.717, 1.165) is 16.8 Å². The lowest BCUT2D eigenvalue weighted by Crippen LogP contribution is -2.27. The summed E-state index contributed by atoms with van der Waals surface area (Å²) in [7, 11) is 0. The van der Waals surface area contributed by atoms with Crippen molar-refractivity contribution in [3.05, 3.63) is 40.1 Å². The summed E-state index contributed by atoms with van der Waals surface area (Å²) in [5, 5.41) is 6.79. The topological polar surface area (TPSA) is 38.3 Å². The first-order chi connectivity index (χ1) is 9.76. The van der Waals surface area contributed by atoms with Gasteiger partial charge in [0.15, 0.2) is 0 Å². The lowest BCUT2D eigenvalue weighted by molar-refractivity contribution is 0.0636. The number of rotatable bonds is 2. The van der Waals surface area contributed by atoms with Gasteiger partial charge in [-0.15, -0.1) is 11.3 Å². The summed E-state index contributed by atoms with van der Waals surface area (Å²) >= 11 is 1.56. The van der Waals surface area contributed by atoms with Crippen molar-refractivity contribution in [3.63, 3.8) is 0 Å². The van der Waals surface area contributed by atoms with Gasteiger partial charge in [-0.25, -0.2) is 4.79 Å². The number of carbonyl (C=O) groups is 1. The molecule has 2 aromatic rings. The molecular formula is C17H21NO2S. The Bertz CT molecular complexity index is 653. The second-order valence-electron chi connectivity index (χ2n) is 6.13. The van der Waals surface area contributed by atoms with E-state index in [0.29, 0.717) is 0 Å². The van der Waals surface area contributed by atoms with Crippen molar-refractivity contribution in [2.45, 2.75) is 40.2 Å². The Labute approximate surface area is 130 Å². The second-order valence-corrected chi connectivity index (χ2v) is 6.87. The zero-order valence-corrected chi connectivity index (χ0v) is 13.9. The predicted molar refractivity (Wildman–Crippen MR) is 89.1 cm³/mol. The van der Waals surface area contributed by atoms with E-state index in [1.54, 1.807) is 11.3 Å². The van der Waals surface area contributed by atoms with Crippen LogP contribution in [0, 0.1) is 13.8 Å². The molecule has 4 heteroatoms. The van der Waals surface area contributed by atoms with Crippen LogP contribution in [0.4, 0.5) is 10.5 Å². The molecule has 0 bridgehead atoms. The lowest BCUT2D eigenvalue weighted by Gasteiger charge is -2.19. The van der Waals surface area contributed by atoms with Gasteiger partial charge in [-0.05, 0) is 51.3 Å². The average Bonchev–Trinajstić information content (AvgIpc) is 2.78. The van der Waals surface area contributed by atoms with E-state index >= 15 is 0 Å². The molecule has 0 radical (unpaired) electrons. The predicted octanol–water partition coefficient (Wildman–Crippen LogP) is 5.38. The summed E-state index contributed by atoms with van der Waals surface area (Å²) in [4.78, 5) is 11.9.